The molecule has 0 unspecified atom stereocenters. The average molecular weight is 245 g/mol. The maximum atomic E-state index is 10.1. The van der Waals surface area contributed by atoms with Crippen LogP contribution in [0.2, 0.25) is 0 Å². The van der Waals surface area contributed by atoms with Gasteiger partial charge in [-0.3, -0.25) is 0 Å². The number of imidazole rings is 1. The van der Waals surface area contributed by atoms with E-state index in [0.717, 1.165) is 0 Å². The first-order valence-electron chi connectivity index (χ1n) is 5.41. The van der Waals surface area contributed by atoms with Crippen LogP contribution in [0.4, 0.5) is 5.82 Å². The van der Waals surface area contributed by atoms with Crippen molar-refractivity contribution in [3.8, 4) is 12.3 Å². The highest BCUT2D eigenvalue weighted by Gasteiger charge is 2.36. The minimum Gasteiger partial charge on any atom is -0.387 e. The Labute approximate surface area is 103 Å². The Morgan fingerprint density at radius 3 is 3.06 bits per heavy atom. The van der Waals surface area contributed by atoms with Crippen LogP contribution in [0, 0.1) is 12.3 Å². The van der Waals surface area contributed by atoms with Gasteiger partial charge in [-0.15, -0.1) is 6.42 Å². The fourth-order valence-corrected chi connectivity index (χ4v) is 2.11. The smallest absolute Gasteiger partial charge is 0.165 e. The number of aliphatic hydroxyl groups is 1. The number of nitrogens with zero attached hydrogens (tertiary/aromatic N) is 4. The van der Waals surface area contributed by atoms with Gasteiger partial charge >= 0.3 is 0 Å². The van der Waals surface area contributed by atoms with E-state index in [4.69, 9.17) is 16.9 Å². The van der Waals surface area contributed by atoms with Gasteiger partial charge in [-0.25, -0.2) is 15.0 Å². The molecule has 1 aliphatic heterocycles. The third-order valence-electron chi connectivity index (χ3n) is 3.06. The molecule has 2 aromatic heterocycles. The molecule has 1 aliphatic rings. The van der Waals surface area contributed by atoms with Gasteiger partial charge in [-0.1, -0.05) is 5.92 Å². The number of aliphatic hydroxyl groups excluding tert-OH is 1. The molecule has 0 aromatic carbocycles. The van der Waals surface area contributed by atoms with Gasteiger partial charge in [0.2, 0.25) is 0 Å². The van der Waals surface area contributed by atoms with E-state index in [1.807, 2.05) is 0 Å². The highest BCUT2D eigenvalue weighted by molar-refractivity contribution is 5.81. The summed E-state index contributed by atoms with van der Waals surface area (Å²) in [5.74, 6) is 2.71. The number of nitrogens with two attached hydrogens (primary N) is 1. The van der Waals surface area contributed by atoms with Crippen molar-refractivity contribution >= 4 is 17.0 Å². The molecular formula is C11H11N5O2. The van der Waals surface area contributed by atoms with Gasteiger partial charge in [0.05, 0.1) is 19.0 Å². The van der Waals surface area contributed by atoms with Crippen molar-refractivity contribution in [2.45, 2.75) is 18.2 Å². The largest absolute Gasteiger partial charge is 0.387 e. The normalized spacial score (nSPS) is 27.4. The van der Waals surface area contributed by atoms with Gasteiger partial charge in [-0.05, 0) is 0 Å². The van der Waals surface area contributed by atoms with E-state index >= 15 is 0 Å². The van der Waals surface area contributed by atoms with Crippen molar-refractivity contribution in [2.24, 2.45) is 0 Å². The van der Waals surface area contributed by atoms with Gasteiger partial charge in [0, 0.05) is 0 Å². The van der Waals surface area contributed by atoms with E-state index in [2.05, 4.69) is 20.9 Å². The first-order chi connectivity index (χ1) is 8.72. The summed E-state index contributed by atoms with van der Waals surface area (Å²) in [5, 5.41) is 10.1. The molecule has 3 rings (SSSR count). The molecule has 3 atom stereocenters. The Kier molecular flexibility index (Phi) is 2.40. The lowest BCUT2D eigenvalue weighted by molar-refractivity contribution is 0.0771. The lowest BCUT2D eigenvalue weighted by Crippen LogP contribution is -2.27. The molecule has 1 saturated heterocycles. The van der Waals surface area contributed by atoms with Crippen molar-refractivity contribution in [1.82, 2.24) is 19.5 Å². The summed E-state index contributed by atoms with van der Waals surface area (Å²) >= 11 is 0. The van der Waals surface area contributed by atoms with Crippen LogP contribution >= 0.6 is 0 Å². The average Bonchev–Trinajstić information content (AvgIpc) is 2.93. The minimum absolute atomic E-state index is 0.306. The van der Waals surface area contributed by atoms with E-state index in [-0.39, 0.29) is 6.04 Å². The molecule has 0 radical (unpaired) electrons. The van der Waals surface area contributed by atoms with E-state index < -0.39 is 12.2 Å². The fourth-order valence-electron chi connectivity index (χ4n) is 2.11. The number of hydrogen-bond donors (Lipinski definition) is 2. The van der Waals surface area contributed by atoms with Crippen LogP contribution in [0.15, 0.2) is 12.7 Å². The van der Waals surface area contributed by atoms with E-state index in [1.54, 1.807) is 10.9 Å². The predicted molar refractivity (Wildman–Crippen MR) is 63.4 cm³/mol. The van der Waals surface area contributed by atoms with Crippen LogP contribution in [0.25, 0.3) is 11.2 Å². The van der Waals surface area contributed by atoms with Crippen LogP contribution < -0.4 is 5.73 Å². The summed E-state index contributed by atoms with van der Waals surface area (Å²) < 4.78 is 7.04. The first kappa shape index (κ1) is 11.0. The summed E-state index contributed by atoms with van der Waals surface area (Å²) in [5.41, 5.74) is 6.77. The Morgan fingerprint density at radius 1 is 1.50 bits per heavy atom. The molecule has 2 aromatic rings. The molecule has 7 heteroatoms. The fraction of sp³-hybridized carbons (Fsp3) is 0.364. The third kappa shape index (κ3) is 1.44. The molecule has 18 heavy (non-hydrogen) atoms. The van der Waals surface area contributed by atoms with Gasteiger partial charge in [-0.2, -0.15) is 0 Å². The number of hydrogen-bond acceptors (Lipinski definition) is 6. The molecular weight excluding hydrogens is 234 g/mol. The second-order valence-electron chi connectivity index (χ2n) is 4.06. The van der Waals surface area contributed by atoms with Crippen LogP contribution in [-0.4, -0.2) is 43.4 Å². The molecule has 92 valence electrons. The SMILES string of the molecule is C#C[C@H]1OC[C@@H](n2cnc3c(N)ncnc32)[C@@H]1O. The van der Waals surface area contributed by atoms with Gasteiger partial charge in [0.1, 0.15) is 24.1 Å². The molecule has 0 amide bonds. The Hall–Kier alpha value is -2.17. The highest BCUT2D eigenvalue weighted by atomic mass is 16.5. The number of terminal acetylenes is 1. The monoisotopic (exact) mass is 245 g/mol. The number of ether oxygens (including phenoxy) is 1. The lowest BCUT2D eigenvalue weighted by Gasteiger charge is -2.15. The van der Waals surface area contributed by atoms with Crippen molar-refractivity contribution < 1.29 is 9.84 Å². The van der Waals surface area contributed by atoms with Gasteiger partial charge in [0.25, 0.3) is 0 Å². The van der Waals surface area contributed by atoms with E-state index in [0.29, 0.717) is 23.6 Å². The van der Waals surface area contributed by atoms with Crippen LogP contribution in [0.5, 0.6) is 0 Å². The number of rotatable bonds is 1. The lowest BCUT2D eigenvalue weighted by atomic mass is 10.1. The standard InChI is InChI=1S/C11H11N5O2/c1-2-7-9(17)6(3-18-7)16-5-15-8-10(12)13-4-14-11(8)16/h1,4-7,9,17H,3H2,(H2,12,13,14)/t6-,7-,9+/m1/s1. The Morgan fingerprint density at radius 2 is 2.33 bits per heavy atom. The van der Waals surface area contributed by atoms with E-state index in [1.165, 1.54) is 6.33 Å². The first-order valence-corrected chi connectivity index (χ1v) is 5.41. The maximum Gasteiger partial charge on any atom is 0.165 e. The molecule has 0 spiro atoms. The van der Waals surface area contributed by atoms with Crippen LogP contribution in [0.1, 0.15) is 6.04 Å². The second-order valence-corrected chi connectivity index (χ2v) is 4.06. The highest BCUT2D eigenvalue weighted by Crippen LogP contribution is 2.28. The zero-order valence-corrected chi connectivity index (χ0v) is 9.39. The Balaban J connectivity index is 2.06. The summed E-state index contributed by atoms with van der Waals surface area (Å²) in [6.07, 6.45) is 6.80. The van der Waals surface area contributed by atoms with Crippen molar-refractivity contribution in [3.63, 3.8) is 0 Å². The molecule has 1 fully saturated rings. The zero-order chi connectivity index (χ0) is 12.7. The molecule has 3 N–H and O–H groups in total. The predicted octanol–water partition coefficient (Wildman–Crippen LogP) is -0.658. The zero-order valence-electron chi connectivity index (χ0n) is 9.39. The number of fused-ring (bicyclic) bond motifs is 1. The summed E-state index contributed by atoms with van der Waals surface area (Å²) in [7, 11) is 0. The number of anilines is 1. The quantitative estimate of drug-likeness (QED) is 0.647. The van der Waals surface area contributed by atoms with E-state index in [9.17, 15) is 5.11 Å². The van der Waals surface area contributed by atoms with Crippen molar-refractivity contribution in [3.05, 3.63) is 12.7 Å². The maximum absolute atomic E-state index is 10.1. The minimum atomic E-state index is -0.788. The summed E-state index contributed by atoms with van der Waals surface area (Å²) in [4.78, 5) is 12.1. The molecule has 7 nitrogen and oxygen atoms in total. The Bertz CT molecular complexity index is 632. The third-order valence-corrected chi connectivity index (χ3v) is 3.06. The van der Waals surface area contributed by atoms with Gasteiger partial charge < -0.3 is 20.1 Å². The molecule has 0 aliphatic carbocycles. The van der Waals surface area contributed by atoms with Crippen LogP contribution in [-0.2, 0) is 4.74 Å². The van der Waals surface area contributed by atoms with Crippen molar-refractivity contribution in [1.29, 1.82) is 0 Å². The molecule has 0 saturated carbocycles. The summed E-state index contributed by atoms with van der Waals surface area (Å²) in [6.45, 7) is 0.311. The van der Waals surface area contributed by atoms with Crippen molar-refractivity contribution in [2.75, 3.05) is 12.3 Å². The molecule has 3 heterocycles. The second kappa shape index (κ2) is 3.94. The van der Waals surface area contributed by atoms with Crippen LogP contribution in [0.3, 0.4) is 0 Å². The molecule has 0 bridgehead atoms. The number of nitrogen functional groups attached to an aromatic ring is 1. The summed E-state index contributed by atoms with van der Waals surface area (Å²) in [6, 6.07) is -0.314. The van der Waals surface area contributed by atoms with Gasteiger partial charge in [0.15, 0.2) is 11.5 Å². The number of aromatic nitrogens is 4. The topological polar surface area (TPSA) is 99.1 Å².